The maximum atomic E-state index is 10.5. The number of rotatable bonds is 3. The van der Waals surface area contributed by atoms with Crippen molar-refractivity contribution in [2.45, 2.75) is 51.5 Å². The van der Waals surface area contributed by atoms with Gasteiger partial charge >= 0.3 is 0 Å². The van der Waals surface area contributed by atoms with E-state index in [2.05, 4.69) is 4.99 Å². The summed E-state index contributed by atoms with van der Waals surface area (Å²) in [5.74, 6) is -1.21. The van der Waals surface area contributed by atoms with Crippen molar-refractivity contribution in [1.82, 2.24) is 0 Å². The summed E-state index contributed by atoms with van der Waals surface area (Å²) in [6.45, 7) is 5.89. The predicted molar refractivity (Wildman–Crippen MR) is 72.7 cm³/mol. The van der Waals surface area contributed by atoms with Gasteiger partial charge in [0.15, 0.2) is 0 Å². The number of aliphatic imine (C=N–C) groups is 1. The lowest BCUT2D eigenvalue weighted by Crippen LogP contribution is -2.46. The maximum absolute atomic E-state index is 10.5. The van der Waals surface area contributed by atoms with Crippen LogP contribution < -0.4 is 0 Å². The van der Waals surface area contributed by atoms with E-state index >= 15 is 0 Å². The third-order valence-corrected chi connectivity index (χ3v) is 3.44. The number of aliphatic hydroxyl groups is 1. The van der Waals surface area contributed by atoms with E-state index in [1.165, 1.54) is 0 Å². The standard InChI is InChI=1S/C15H21NO2/c1-4-10-15(17)12(3)16-11(2)14(18-15)13-8-6-5-7-9-13/h5-9,11,14,17H,4,10H2,1-3H3/t11-,14-,15-/m0/s1. The number of benzene rings is 1. The average molecular weight is 247 g/mol. The molecule has 0 radical (unpaired) electrons. The second kappa shape index (κ2) is 5.21. The number of hydrogen-bond donors (Lipinski definition) is 1. The molecule has 0 saturated heterocycles. The summed E-state index contributed by atoms with van der Waals surface area (Å²) >= 11 is 0. The molecule has 1 heterocycles. The Morgan fingerprint density at radius 3 is 2.61 bits per heavy atom. The van der Waals surface area contributed by atoms with Crippen LogP contribution in [-0.4, -0.2) is 22.6 Å². The Morgan fingerprint density at radius 2 is 2.00 bits per heavy atom. The van der Waals surface area contributed by atoms with Gasteiger partial charge in [-0.15, -0.1) is 0 Å². The fraction of sp³-hybridized carbons (Fsp3) is 0.533. The molecule has 0 bridgehead atoms. The Morgan fingerprint density at radius 1 is 1.33 bits per heavy atom. The van der Waals surface area contributed by atoms with E-state index in [0.717, 1.165) is 12.0 Å². The van der Waals surface area contributed by atoms with Crippen LogP contribution in [0.4, 0.5) is 0 Å². The Labute approximate surface area is 109 Å². The van der Waals surface area contributed by atoms with Crippen molar-refractivity contribution in [3.05, 3.63) is 35.9 Å². The van der Waals surface area contributed by atoms with Crippen molar-refractivity contribution < 1.29 is 9.84 Å². The first-order valence-corrected chi connectivity index (χ1v) is 6.57. The number of hydrogen-bond acceptors (Lipinski definition) is 3. The summed E-state index contributed by atoms with van der Waals surface area (Å²) in [5, 5.41) is 10.5. The largest absolute Gasteiger partial charge is 0.361 e. The molecule has 0 unspecified atom stereocenters. The fourth-order valence-corrected chi connectivity index (χ4v) is 2.44. The van der Waals surface area contributed by atoms with Crippen LogP contribution >= 0.6 is 0 Å². The molecule has 1 aromatic rings. The van der Waals surface area contributed by atoms with Gasteiger partial charge < -0.3 is 9.84 Å². The molecule has 98 valence electrons. The zero-order valence-electron chi connectivity index (χ0n) is 11.3. The lowest BCUT2D eigenvalue weighted by atomic mass is 9.97. The first-order valence-electron chi connectivity index (χ1n) is 6.57. The van der Waals surface area contributed by atoms with Crippen LogP contribution in [-0.2, 0) is 4.74 Å². The molecule has 0 saturated carbocycles. The summed E-state index contributed by atoms with van der Waals surface area (Å²) in [6.07, 6.45) is 1.27. The summed E-state index contributed by atoms with van der Waals surface area (Å²) in [6, 6.07) is 10.0. The van der Waals surface area contributed by atoms with E-state index in [-0.39, 0.29) is 12.1 Å². The van der Waals surface area contributed by atoms with Crippen LogP contribution in [0.1, 0.15) is 45.3 Å². The van der Waals surface area contributed by atoms with E-state index in [1.54, 1.807) is 0 Å². The summed E-state index contributed by atoms with van der Waals surface area (Å²) in [7, 11) is 0. The van der Waals surface area contributed by atoms with Crippen LogP contribution in [0.15, 0.2) is 35.3 Å². The molecule has 1 aromatic carbocycles. The van der Waals surface area contributed by atoms with Gasteiger partial charge in [0, 0.05) is 6.42 Å². The molecule has 3 nitrogen and oxygen atoms in total. The Hall–Kier alpha value is -1.19. The highest BCUT2D eigenvalue weighted by molar-refractivity contribution is 5.89. The van der Waals surface area contributed by atoms with Crippen LogP contribution in [0, 0.1) is 0 Å². The van der Waals surface area contributed by atoms with Crippen molar-refractivity contribution in [2.75, 3.05) is 0 Å². The molecule has 1 N–H and O–H groups in total. The van der Waals surface area contributed by atoms with E-state index in [9.17, 15) is 5.11 Å². The van der Waals surface area contributed by atoms with Crippen LogP contribution in [0.2, 0.25) is 0 Å². The fourth-order valence-electron chi connectivity index (χ4n) is 2.44. The summed E-state index contributed by atoms with van der Waals surface area (Å²) < 4.78 is 5.95. The summed E-state index contributed by atoms with van der Waals surface area (Å²) in [5.41, 5.74) is 1.75. The van der Waals surface area contributed by atoms with Gasteiger partial charge in [-0.3, -0.25) is 4.99 Å². The minimum absolute atomic E-state index is 0.0320. The molecule has 2 rings (SSSR count). The van der Waals surface area contributed by atoms with E-state index in [1.807, 2.05) is 51.1 Å². The highest BCUT2D eigenvalue weighted by Crippen LogP contribution is 2.35. The minimum Gasteiger partial charge on any atom is -0.361 e. The van der Waals surface area contributed by atoms with E-state index in [0.29, 0.717) is 12.1 Å². The smallest absolute Gasteiger partial charge is 0.205 e. The number of nitrogens with zero attached hydrogens (tertiary/aromatic N) is 1. The van der Waals surface area contributed by atoms with Gasteiger partial charge in [0.05, 0.1) is 11.8 Å². The molecule has 18 heavy (non-hydrogen) atoms. The van der Waals surface area contributed by atoms with Crippen LogP contribution in [0.3, 0.4) is 0 Å². The van der Waals surface area contributed by atoms with Crippen molar-refractivity contribution in [3.8, 4) is 0 Å². The van der Waals surface area contributed by atoms with Gasteiger partial charge in [0.25, 0.3) is 0 Å². The van der Waals surface area contributed by atoms with Gasteiger partial charge in [0.2, 0.25) is 5.79 Å². The molecule has 0 aliphatic carbocycles. The molecular formula is C15H21NO2. The molecular weight excluding hydrogens is 226 g/mol. The van der Waals surface area contributed by atoms with Gasteiger partial charge in [-0.1, -0.05) is 43.7 Å². The Kier molecular flexibility index (Phi) is 3.83. The van der Waals surface area contributed by atoms with Crippen molar-refractivity contribution in [2.24, 2.45) is 4.99 Å². The molecule has 3 atom stereocenters. The lowest BCUT2D eigenvalue weighted by Gasteiger charge is -2.39. The zero-order valence-corrected chi connectivity index (χ0v) is 11.3. The summed E-state index contributed by atoms with van der Waals surface area (Å²) in [4.78, 5) is 4.55. The monoisotopic (exact) mass is 247 g/mol. The highest BCUT2D eigenvalue weighted by atomic mass is 16.6. The van der Waals surface area contributed by atoms with Gasteiger partial charge in [-0.05, 0) is 19.4 Å². The average Bonchev–Trinajstić information content (AvgIpc) is 2.36. The molecule has 0 amide bonds. The normalized spacial score (nSPS) is 32.1. The Balaban J connectivity index is 2.30. The zero-order chi connectivity index (χ0) is 13.2. The molecule has 1 aliphatic heterocycles. The minimum atomic E-state index is -1.21. The third kappa shape index (κ3) is 2.47. The van der Waals surface area contributed by atoms with E-state index in [4.69, 9.17) is 4.74 Å². The van der Waals surface area contributed by atoms with Crippen LogP contribution in [0.25, 0.3) is 0 Å². The quantitative estimate of drug-likeness (QED) is 0.891. The Bertz CT molecular complexity index is 429. The SMILES string of the molecule is CCC[C@]1(O)O[C@H](c2ccccc2)[C@H](C)N=C1C. The van der Waals surface area contributed by atoms with Gasteiger partial charge in [-0.2, -0.15) is 0 Å². The van der Waals surface area contributed by atoms with Gasteiger partial charge in [0.1, 0.15) is 6.10 Å². The first kappa shape index (κ1) is 13.2. The van der Waals surface area contributed by atoms with E-state index < -0.39 is 5.79 Å². The highest BCUT2D eigenvalue weighted by Gasteiger charge is 2.40. The number of ether oxygens (including phenoxy) is 1. The topological polar surface area (TPSA) is 41.8 Å². The predicted octanol–water partition coefficient (Wildman–Crippen LogP) is 3.10. The lowest BCUT2D eigenvalue weighted by molar-refractivity contribution is -0.199. The second-order valence-corrected chi connectivity index (χ2v) is 4.94. The van der Waals surface area contributed by atoms with Crippen molar-refractivity contribution in [3.63, 3.8) is 0 Å². The first-order chi connectivity index (χ1) is 8.57. The molecule has 0 fully saturated rings. The maximum Gasteiger partial charge on any atom is 0.205 e. The van der Waals surface area contributed by atoms with Crippen molar-refractivity contribution >= 4 is 5.71 Å². The molecule has 1 aliphatic rings. The molecule has 3 heteroatoms. The molecule has 0 aromatic heterocycles. The second-order valence-electron chi connectivity index (χ2n) is 4.94. The molecule has 0 spiro atoms. The van der Waals surface area contributed by atoms with Crippen LogP contribution in [0.5, 0.6) is 0 Å². The van der Waals surface area contributed by atoms with Crippen molar-refractivity contribution in [1.29, 1.82) is 0 Å². The van der Waals surface area contributed by atoms with Gasteiger partial charge in [-0.25, -0.2) is 0 Å². The third-order valence-electron chi connectivity index (χ3n) is 3.44.